The summed E-state index contributed by atoms with van der Waals surface area (Å²) >= 11 is 0. The number of piperidine rings is 1. The summed E-state index contributed by atoms with van der Waals surface area (Å²) in [5, 5.41) is 3.47. The Morgan fingerprint density at radius 3 is 1.71 bits per heavy atom. The Labute approximate surface area is 184 Å². The molecule has 0 bridgehead atoms. The van der Waals surface area contributed by atoms with Gasteiger partial charge in [0.05, 0.1) is 12.0 Å². The summed E-state index contributed by atoms with van der Waals surface area (Å²) in [4.78, 5) is 4.90. The number of benzene rings is 3. The van der Waals surface area contributed by atoms with Crippen LogP contribution in [0, 0.1) is 5.92 Å². The zero-order valence-corrected chi connectivity index (χ0v) is 17.8. The monoisotopic (exact) mass is 407 g/mol. The van der Waals surface area contributed by atoms with E-state index < -0.39 is 5.54 Å². The number of imidazole rings is 1. The molecule has 3 heteroatoms. The van der Waals surface area contributed by atoms with E-state index in [0.717, 1.165) is 19.5 Å². The van der Waals surface area contributed by atoms with Crippen LogP contribution in [0.2, 0.25) is 0 Å². The molecular weight excluding hydrogens is 378 g/mol. The minimum atomic E-state index is -0.469. The zero-order valence-electron chi connectivity index (χ0n) is 17.8. The van der Waals surface area contributed by atoms with Crippen LogP contribution in [0.1, 0.15) is 35.2 Å². The van der Waals surface area contributed by atoms with E-state index >= 15 is 0 Å². The fraction of sp³-hybridized carbons (Fsp3) is 0.250. The second kappa shape index (κ2) is 8.91. The van der Waals surface area contributed by atoms with Crippen molar-refractivity contribution in [2.24, 2.45) is 5.92 Å². The second-order valence-electron chi connectivity index (χ2n) is 8.48. The molecule has 0 spiro atoms. The summed E-state index contributed by atoms with van der Waals surface area (Å²) in [6.45, 7) is 2.24. The first-order valence-corrected chi connectivity index (χ1v) is 11.3. The molecule has 0 saturated carbocycles. The Kier molecular flexibility index (Phi) is 5.68. The lowest BCUT2D eigenvalue weighted by atomic mass is 9.76. The first-order chi connectivity index (χ1) is 15.4. The third-order valence-corrected chi connectivity index (χ3v) is 6.55. The number of aromatic nitrogens is 2. The molecule has 1 fully saturated rings. The van der Waals surface area contributed by atoms with Gasteiger partial charge in [-0.15, -0.1) is 0 Å². The van der Waals surface area contributed by atoms with Gasteiger partial charge < -0.3 is 9.88 Å². The van der Waals surface area contributed by atoms with Crippen LogP contribution in [-0.4, -0.2) is 22.6 Å². The lowest BCUT2D eigenvalue weighted by Crippen LogP contribution is -2.37. The second-order valence-corrected chi connectivity index (χ2v) is 8.48. The van der Waals surface area contributed by atoms with Gasteiger partial charge in [-0.2, -0.15) is 0 Å². The van der Waals surface area contributed by atoms with E-state index in [0.29, 0.717) is 5.92 Å². The average Bonchev–Trinajstić information content (AvgIpc) is 3.31. The number of hydrogen-bond acceptors (Lipinski definition) is 2. The number of nitrogens with one attached hydrogen (secondary N) is 1. The molecule has 4 aromatic rings. The topological polar surface area (TPSA) is 29.9 Å². The summed E-state index contributed by atoms with van der Waals surface area (Å²) in [5.74, 6) is 0.712. The molecule has 1 aromatic heterocycles. The summed E-state index contributed by atoms with van der Waals surface area (Å²) in [6, 6.07) is 32.4. The van der Waals surface area contributed by atoms with Crippen LogP contribution < -0.4 is 5.32 Å². The largest absolute Gasteiger partial charge is 0.319 e. The first-order valence-electron chi connectivity index (χ1n) is 11.3. The zero-order chi connectivity index (χ0) is 20.9. The Balaban J connectivity index is 1.67. The SMILES string of the molecule is c1ccc(C(c2ccccc2)(c2ccccc2)n2cnc(CC3CCNCC3)c2)cc1. The Morgan fingerprint density at radius 1 is 0.742 bits per heavy atom. The third kappa shape index (κ3) is 3.82. The van der Waals surface area contributed by atoms with Gasteiger partial charge >= 0.3 is 0 Å². The van der Waals surface area contributed by atoms with Crippen molar-refractivity contribution < 1.29 is 0 Å². The Hall–Kier alpha value is -3.17. The van der Waals surface area contributed by atoms with Gasteiger partial charge in [-0.3, -0.25) is 0 Å². The van der Waals surface area contributed by atoms with Crippen molar-refractivity contribution in [2.75, 3.05) is 13.1 Å². The van der Waals surface area contributed by atoms with Crippen LogP contribution in [0.15, 0.2) is 104 Å². The van der Waals surface area contributed by atoms with E-state index in [1.165, 1.54) is 35.2 Å². The van der Waals surface area contributed by atoms with Crippen LogP contribution in [0.3, 0.4) is 0 Å². The summed E-state index contributed by atoms with van der Waals surface area (Å²) < 4.78 is 2.32. The minimum Gasteiger partial charge on any atom is -0.319 e. The van der Waals surface area contributed by atoms with Crippen LogP contribution in [-0.2, 0) is 12.0 Å². The van der Waals surface area contributed by atoms with Gasteiger partial charge in [-0.05, 0) is 55.0 Å². The van der Waals surface area contributed by atoms with Gasteiger partial charge in [-0.25, -0.2) is 4.98 Å². The van der Waals surface area contributed by atoms with Crippen molar-refractivity contribution in [1.29, 1.82) is 0 Å². The van der Waals surface area contributed by atoms with Gasteiger partial charge in [0.2, 0.25) is 0 Å². The molecule has 31 heavy (non-hydrogen) atoms. The Morgan fingerprint density at radius 2 is 1.23 bits per heavy atom. The van der Waals surface area contributed by atoms with Gasteiger partial charge in [-0.1, -0.05) is 91.0 Å². The van der Waals surface area contributed by atoms with Gasteiger partial charge in [0.15, 0.2) is 0 Å². The fourth-order valence-electron chi connectivity index (χ4n) is 5.02. The predicted octanol–water partition coefficient (Wildman–Crippen LogP) is 5.27. The third-order valence-electron chi connectivity index (χ3n) is 6.55. The van der Waals surface area contributed by atoms with Gasteiger partial charge in [0.25, 0.3) is 0 Å². The fourth-order valence-corrected chi connectivity index (χ4v) is 5.02. The minimum absolute atomic E-state index is 0.469. The van der Waals surface area contributed by atoms with Crippen molar-refractivity contribution in [1.82, 2.24) is 14.9 Å². The highest BCUT2D eigenvalue weighted by Crippen LogP contribution is 2.40. The van der Waals surface area contributed by atoms with Gasteiger partial charge in [0, 0.05) is 6.20 Å². The van der Waals surface area contributed by atoms with Crippen LogP contribution in [0.4, 0.5) is 0 Å². The maximum absolute atomic E-state index is 4.90. The van der Waals surface area contributed by atoms with E-state index in [-0.39, 0.29) is 0 Å². The molecule has 0 aliphatic carbocycles. The highest BCUT2D eigenvalue weighted by atomic mass is 15.1. The molecule has 1 aliphatic rings. The molecule has 2 heterocycles. The van der Waals surface area contributed by atoms with Crippen molar-refractivity contribution in [2.45, 2.75) is 24.8 Å². The quantitative estimate of drug-likeness (QED) is 0.442. The normalized spacial score (nSPS) is 15.1. The smallest absolute Gasteiger partial charge is 0.121 e. The van der Waals surface area contributed by atoms with E-state index in [4.69, 9.17) is 4.98 Å². The molecule has 1 saturated heterocycles. The van der Waals surface area contributed by atoms with Crippen molar-refractivity contribution in [3.8, 4) is 0 Å². The van der Waals surface area contributed by atoms with E-state index in [1.807, 2.05) is 6.33 Å². The van der Waals surface area contributed by atoms with Crippen molar-refractivity contribution in [3.05, 3.63) is 126 Å². The van der Waals surface area contributed by atoms with E-state index in [2.05, 4.69) is 107 Å². The van der Waals surface area contributed by atoms with Crippen molar-refractivity contribution in [3.63, 3.8) is 0 Å². The molecule has 5 rings (SSSR count). The average molecular weight is 408 g/mol. The Bertz CT molecular complexity index is 984. The molecule has 3 nitrogen and oxygen atoms in total. The maximum Gasteiger partial charge on any atom is 0.121 e. The highest BCUT2D eigenvalue weighted by molar-refractivity contribution is 5.50. The number of nitrogens with zero attached hydrogens (tertiary/aromatic N) is 2. The molecular formula is C28H29N3. The lowest BCUT2D eigenvalue weighted by molar-refractivity contribution is 0.370. The van der Waals surface area contributed by atoms with Crippen LogP contribution in [0.25, 0.3) is 0 Å². The maximum atomic E-state index is 4.90. The summed E-state index contributed by atoms with van der Waals surface area (Å²) in [6.07, 6.45) is 7.81. The first kappa shape index (κ1) is 19.8. The molecule has 0 unspecified atom stereocenters. The lowest BCUT2D eigenvalue weighted by Gasteiger charge is -2.37. The van der Waals surface area contributed by atoms with Crippen LogP contribution in [0.5, 0.6) is 0 Å². The predicted molar refractivity (Wildman–Crippen MR) is 126 cm³/mol. The standard InChI is InChI=1S/C28H29N3/c1-4-10-24(11-5-1)28(25-12-6-2-7-13-25,26-14-8-3-9-15-26)31-21-27(30-22-31)20-23-16-18-29-19-17-23/h1-15,21-23,29H,16-20H2. The highest BCUT2D eigenvalue weighted by Gasteiger charge is 2.38. The molecule has 156 valence electrons. The van der Waals surface area contributed by atoms with E-state index in [9.17, 15) is 0 Å². The molecule has 0 radical (unpaired) electrons. The van der Waals surface area contributed by atoms with Crippen molar-refractivity contribution >= 4 is 0 Å². The van der Waals surface area contributed by atoms with E-state index in [1.54, 1.807) is 0 Å². The van der Waals surface area contributed by atoms with Crippen LogP contribution >= 0.6 is 0 Å². The molecule has 0 amide bonds. The summed E-state index contributed by atoms with van der Waals surface area (Å²) in [5.41, 5.74) is 4.41. The van der Waals surface area contributed by atoms with Gasteiger partial charge in [0.1, 0.15) is 5.54 Å². The molecule has 0 atom stereocenters. The number of hydrogen-bond donors (Lipinski definition) is 1. The summed E-state index contributed by atoms with van der Waals surface area (Å²) in [7, 11) is 0. The molecule has 3 aromatic carbocycles. The number of rotatable bonds is 6. The molecule has 1 aliphatic heterocycles. The molecule has 1 N–H and O–H groups in total.